The Morgan fingerprint density at radius 1 is 0.408 bits per heavy atom. The Morgan fingerprint density at radius 3 is 1.90 bits per heavy atom. The summed E-state index contributed by atoms with van der Waals surface area (Å²) in [5.41, 5.74) is 7.09. The molecule has 0 atom stereocenters. The maximum Gasteiger partial charge on any atom is 0.238 e. The minimum absolute atomic E-state index is 0.527. The molecule has 0 aliphatic carbocycles. The molecule has 0 amide bonds. The van der Waals surface area contributed by atoms with Gasteiger partial charge in [-0.3, -0.25) is 4.57 Å². The van der Waals surface area contributed by atoms with Gasteiger partial charge in [0.15, 0.2) is 11.6 Å². The maximum absolute atomic E-state index is 6.55. The normalized spacial score (nSPS) is 12.1. The van der Waals surface area contributed by atoms with Crippen LogP contribution in [0.15, 0.2) is 154 Å². The Kier molecular flexibility index (Phi) is 5.29. The van der Waals surface area contributed by atoms with Crippen LogP contribution in [0.2, 0.25) is 0 Å². The molecule has 0 fully saturated rings. The number of benzene rings is 7. The van der Waals surface area contributed by atoms with E-state index in [1.165, 1.54) is 0 Å². The van der Waals surface area contributed by atoms with E-state index in [-0.39, 0.29) is 0 Å². The Labute approximate surface area is 278 Å². The molecule has 0 aliphatic heterocycles. The number of aromatic nitrogens is 4. The Morgan fingerprint density at radius 2 is 1.06 bits per heavy atom. The fourth-order valence-electron chi connectivity index (χ4n) is 7.53. The molecule has 0 aliphatic rings. The molecule has 7 aromatic carbocycles. The third-order valence-corrected chi connectivity index (χ3v) is 9.66. The average molecular weight is 629 g/mol. The van der Waals surface area contributed by atoms with E-state index in [2.05, 4.69) is 95.6 Å². The predicted octanol–water partition coefficient (Wildman–Crippen LogP) is 11.3. The van der Waals surface area contributed by atoms with E-state index in [1.54, 1.807) is 0 Å². The molecule has 0 N–H and O–H groups in total. The molecule has 0 saturated heterocycles. The Balaban J connectivity index is 1.25. The second kappa shape index (κ2) is 9.86. The second-order valence-corrected chi connectivity index (χ2v) is 12.4. The first-order valence-corrected chi connectivity index (χ1v) is 16.3. The van der Waals surface area contributed by atoms with Gasteiger partial charge in [0.1, 0.15) is 22.3 Å². The van der Waals surface area contributed by atoms with Crippen LogP contribution in [0.1, 0.15) is 0 Å². The van der Waals surface area contributed by atoms with Gasteiger partial charge in [-0.25, -0.2) is 4.98 Å². The molecule has 11 rings (SSSR count). The van der Waals surface area contributed by atoms with Gasteiger partial charge >= 0.3 is 0 Å². The van der Waals surface area contributed by atoms with Crippen LogP contribution in [0.5, 0.6) is 0 Å². The molecule has 4 aromatic heterocycles. The maximum atomic E-state index is 6.55. The van der Waals surface area contributed by atoms with E-state index in [0.717, 1.165) is 87.6 Å². The predicted molar refractivity (Wildman–Crippen MR) is 197 cm³/mol. The first kappa shape index (κ1) is 26.3. The van der Waals surface area contributed by atoms with Crippen LogP contribution in [0.25, 0.3) is 105 Å². The minimum atomic E-state index is 0.527. The summed E-state index contributed by atoms with van der Waals surface area (Å²) in [5.74, 6) is 1.68. The van der Waals surface area contributed by atoms with Crippen molar-refractivity contribution in [3.8, 4) is 28.7 Å². The summed E-state index contributed by atoms with van der Waals surface area (Å²) in [6.07, 6.45) is 0. The lowest BCUT2D eigenvalue weighted by atomic mass is 9.98. The zero-order valence-corrected chi connectivity index (χ0v) is 26.0. The Bertz CT molecular complexity index is 3120. The van der Waals surface area contributed by atoms with E-state index in [1.807, 2.05) is 54.6 Å². The van der Waals surface area contributed by atoms with Crippen molar-refractivity contribution in [2.24, 2.45) is 0 Å². The molecule has 11 aromatic rings. The van der Waals surface area contributed by atoms with Crippen molar-refractivity contribution < 1.29 is 8.83 Å². The minimum Gasteiger partial charge on any atom is -0.456 e. The SMILES string of the molecule is c1ccc(-c2nc(-c3cc4oc5ccccc5c4c4ccccc34)nc(-n3c4ccccc4c4c5oc6ccccc6c5ccc43)n2)cc1. The molecule has 6 nitrogen and oxygen atoms in total. The highest BCUT2D eigenvalue weighted by Gasteiger charge is 2.23. The summed E-state index contributed by atoms with van der Waals surface area (Å²) in [7, 11) is 0. The van der Waals surface area contributed by atoms with Crippen LogP contribution in [-0.2, 0) is 0 Å². The molecule has 0 saturated carbocycles. The van der Waals surface area contributed by atoms with Crippen LogP contribution in [-0.4, -0.2) is 19.5 Å². The molecular weight excluding hydrogens is 604 g/mol. The van der Waals surface area contributed by atoms with Gasteiger partial charge < -0.3 is 8.83 Å². The fourth-order valence-corrected chi connectivity index (χ4v) is 7.53. The van der Waals surface area contributed by atoms with Gasteiger partial charge in [0.25, 0.3) is 0 Å². The summed E-state index contributed by atoms with van der Waals surface area (Å²) in [6, 6.07) is 49.6. The molecule has 0 unspecified atom stereocenters. The quantitative estimate of drug-likeness (QED) is 0.195. The second-order valence-electron chi connectivity index (χ2n) is 12.4. The first-order valence-electron chi connectivity index (χ1n) is 16.3. The molecule has 4 heterocycles. The van der Waals surface area contributed by atoms with Crippen molar-refractivity contribution in [2.45, 2.75) is 0 Å². The van der Waals surface area contributed by atoms with Crippen molar-refractivity contribution in [3.63, 3.8) is 0 Å². The van der Waals surface area contributed by atoms with Gasteiger partial charge in [0.2, 0.25) is 5.95 Å². The van der Waals surface area contributed by atoms with Gasteiger partial charge in [-0.1, -0.05) is 109 Å². The van der Waals surface area contributed by atoms with Crippen molar-refractivity contribution in [2.75, 3.05) is 0 Å². The lowest BCUT2D eigenvalue weighted by molar-refractivity contribution is 0.669. The summed E-state index contributed by atoms with van der Waals surface area (Å²) < 4.78 is 15.1. The highest BCUT2D eigenvalue weighted by atomic mass is 16.3. The van der Waals surface area contributed by atoms with Crippen LogP contribution < -0.4 is 0 Å². The fraction of sp³-hybridized carbons (Fsp3) is 0. The smallest absolute Gasteiger partial charge is 0.238 e. The van der Waals surface area contributed by atoms with Gasteiger partial charge in [0, 0.05) is 38.1 Å². The summed E-state index contributed by atoms with van der Waals surface area (Å²) in [5, 5.41) is 8.58. The summed E-state index contributed by atoms with van der Waals surface area (Å²) in [4.78, 5) is 15.6. The number of hydrogen-bond acceptors (Lipinski definition) is 5. The van der Waals surface area contributed by atoms with Gasteiger partial charge in [-0.05, 0) is 47.2 Å². The summed E-state index contributed by atoms with van der Waals surface area (Å²) >= 11 is 0. The molecule has 228 valence electrons. The number of nitrogens with zero attached hydrogens (tertiary/aromatic N) is 4. The zero-order chi connectivity index (χ0) is 32.1. The lowest BCUT2D eigenvalue weighted by Gasteiger charge is -2.12. The number of hydrogen-bond donors (Lipinski definition) is 0. The average Bonchev–Trinajstić information content (AvgIpc) is 3.84. The number of fused-ring (bicyclic) bond motifs is 12. The largest absolute Gasteiger partial charge is 0.456 e. The third kappa shape index (κ3) is 3.74. The van der Waals surface area contributed by atoms with E-state index in [4.69, 9.17) is 23.8 Å². The summed E-state index contributed by atoms with van der Waals surface area (Å²) in [6.45, 7) is 0. The first-order chi connectivity index (χ1) is 24.3. The van der Waals surface area contributed by atoms with Crippen molar-refractivity contribution in [1.82, 2.24) is 19.5 Å². The highest BCUT2D eigenvalue weighted by Crippen LogP contribution is 2.42. The molecule has 0 radical (unpaired) electrons. The third-order valence-electron chi connectivity index (χ3n) is 9.66. The molecule has 0 bridgehead atoms. The number of para-hydroxylation sites is 3. The standard InChI is InChI=1S/C43H24N4O2/c1-2-12-25(13-3-1)41-44-42(32-24-37-38(28-16-5-4-14-26(28)32)31-18-8-11-21-36(31)48-37)46-43(45-41)47-33-19-9-6-17-30(33)39-34(47)23-22-29-27-15-7-10-20-35(27)49-40(29)39/h1-24H. The van der Waals surface area contributed by atoms with Crippen LogP contribution in [0, 0.1) is 0 Å². The van der Waals surface area contributed by atoms with E-state index >= 15 is 0 Å². The highest BCUT2D eigenvalue weighted by molar-refractivity contribution is 6.24. The van der Waals surface area contributed by atoms with Crippen LogP contribution in [0.3, 0.4) is 0 Å². The number of furan rings is 2. The van der Waals surface area contributed by atoms with Gasteiger partial charge in [-0.2, -0.15) is 9.97 Å². The van der Waals surface area contributed by atoms with E-state index in [0.29, 0.717) is 17.6 Å². The zero-order valence-electron chi connectivity index (χ0n) is 26.0. The molecule has 6 heteroatoms. The lowest BCUT2D eigenvalue weighted by Crippen LogP contribution is -2.06. The van der Waals surface area contributed by atoms with Gasteiger partial charge in [0.05, 0.1) is 16.4 Å². The van der Waals surface area contributed by atoms with Gasteiger partial charge in [-0.15, -0.1) is 0 Å². The monoisotopic (exact) mass is 628 g/mol. The Hall–Kier alpha value is -6.79. The van der Waals surface area contributed by atoms with Crippen LogP contribution in [0.4, 0.5) is 0 Å². The topological polar surface area (TPSA) is 69.9 Å². The molecule has 0 spiro atoms. The van der Waals surface area contributed by atoms with E-state index in [9.17, 15) is 0 Å². The van der Waals surface area contributed by atoms with Crippen molar-refractivity contribution in [3.05, 3.63) is 146 Å². The molecular formula is C43H24N4O2. The van der Waals surface area contributed by atoms with E-state index < -0.39 is 0 Å². The number of rotatable bonds is 3. The van der Waals surface area contributed by atoms with Crippen molar-refractivity contribution >= 4 is 76.5 Å². The van der Waals surface area contributed by atoms with Crippen LogP contribution >= 0.6 is 0 Å². The van der Waals surface area contributed by atoms with Crippen molar-refractivity contribution in [1.29, 1.82) is 0 Å². The molecule has 49 heavy (non-hydrogen) atoms.